The van der Waals surface area contributed by atoms with Crippen molar-refractivity contribution in [1.29, 1.82) is 0 Å². The van der Waals surface area contributed by atoms with Gasteiger partial charge in [0.05, 0.1) is 26.7 Å². The first kappa shape index (κ1) is 28.1. The zero-order chi connectivity index (χ0) is 28.0. The molecule has 1 unspecified atom stereocenters. The van der Waals surface area contributed by atoms with Crippen molar-refractivity contribution in [2.45, 2.75) is 20.1 Å². The van der Waals surface area contributed by atoms with E-state index in [0.29, 0.717) is 16.9 Å². The van der Waals surface area contributed by atoms with Crippen molar-refractivity contribution in [2.75, 3.05) is 32.4 Å². The van der Waals surface area contributed by atoms with Crippen LogP contribution in [0.4, 0.5) is 10.3 Å². The minimum absolute atomic E-state index is 0.0135. The van der Waals surface area contributed by atoms with Crippen molar-refractivity contribution in [3.8, 4) is 5.75 Å². The number of benzene rings is 2. The Bertz CT molecular complexity index is 1590. The molecule has 0 aliphatic heterocycles. The standard InChI is InChI=1S/C25H27FN5O7P/c1-16-6-7-18(11-21(16)35-2)20(32)13-38-39(34,37-12-17-4-3-5-19(26)10-17)15-36-9-8-31-14-28-22-23(31)29-25(27)30-24(22)33/h3-7,10-11,14H,8-9,12-13,15H2,1-2H3,(H3,27,29,30,33). The number of nitrogen functional groups attached to an aromatic ring is 1. The molecule has 14 heteroatoms. The molecule has 0 fully saturated rings. The summed E-state index contributed by atoms with van der Waals surface area (Å²) in [7, 11) is -2.49. The van der Waals surface area contributed by atoms with Gasteiger partial charge in [-0.3, -0.25) is 23.7 Å². The van der Waals surface area contributed by atoms with E-state index in [9.17, 15) is 18.5 Å². The van der Waals surface area contributed by atoms with Crippen molar-refractivity contribution in [3.63, 3.8) is 0 Å². The Morgan fingerprint density at radius 3 is 2.79 bits per heavy atom. The number of aryl methyl sites for hydroxylation is 1. The van der Waals surface area contributed by atoms with E-state index in [4.69, 9.17) is 24.3 Å². The molecule has 0 amide bonds. The number of halogens is 1. The number of nitrogens with one attached hydrogen (secondary N) is 1. The molecular formula is C25H27FN5O7P. The van der Waals surface area contributed by atoms with Crippen LogP contribution in [0.2, 0.25) is 0 Å². The summed E-state index contributed by atoms with van der Waals surface area (Å²) in [5.41, 5.74) is 7.09. The summed E-state index contributed by atoms with van der Waals surface area (Å²) in [4.78, 5) is 35.2. The van der Waals surface area contributed by atoms with Gasteiger partial charge in [0.2, 0.25) is 5.95 Å². The minimum Gasteiger partial charge on any atom is -0.496 e. The Balaban J connectivity index is 1.42. The lowest BCUT2D eigenvalue weighted by atomic mass is 10.1. The van der Waals surface area contributed by atoms with Crippen molar-refractivity contribution in [1.82, 2.24) is 19.5 Å². The van der Waals surface area contributed by atoms with Gasteiger partial charge >= 0.3 is 7.60 Å². The third-order valence-electron chi connectivity index (χ3n) is 5.66. The van der Waals surface area contributed by atoms with Crippen molar-refractivity contribution in [2.24, 2.45) is 0 Å². The number of ketones is 1. The van der Waals surface area contributed by atoms with Crippen LogP contribution in [0.15, 0.2) is 53.6 Å². The van der Waals surface area contributed by atoms with Crippen molar-refractivity contribution in [3.05, 3.63) is 81.7 Å². The van der Waals surface area contributed by atoms with Gasteiger partial charge in [-0.15, -0.1) is 0 Å². The molecule has 2 aromatic carbocycles. The number of nitrogens with two attached hydrogens (primary N) is 1. The van der Waals surface area contributed by atoms with Gasteiger partial charge in [0.25, 0.3) is 5.56 Å². The molecule has 4 aromatic rings. The van der Waals surface area contributed by atoms with Gasteiger partial charge in [-0.25, -0.2) is 9.37 Å². The molecule has 39 heavy (non-hydrogen) atoms. The second-order valence-electron chi connectivity index (χ2n) is 8.49. The Kier molecular flexibility index (Phi) is 8.87. The van der Waals surface area contributed by atoms with Gasteiger partial charge in [-0.05, 0) is 36.2 Å². The molecule has 0 spiro atoms. The highest BCUT2D eigenvalue weighted by Crippen LogP contribution is 2.49. The maximum atomic E-state index is 13.6. The van der Waals surface area contributed by atoms with Crippen LogP contribution in [0, 0.1) is 12.7 Å². The topological polar surface area (TPSA) is 161 Å². The number of carbonyl (C=O) groups is 1. The molecule has 3 N–H and O–H groups in total. The third kappa shape index (κ3) is 7.15. The lowest BCUT2D eigenvalue weighted by Crippen LogP contribution is -2.14. The molecule has 1 atom stereocenters. The molecule has 0 bridgehead atoms. The number of hydrogen-bond donors (Lipinski definition) is 2. The van der Waals surface area contributed by atoms with Gasteiger partial charge < -0.3 is 24.3 Å². The zero-order valence-corrected chi connectivity index (χ0v) is 22.2. The van der Waals surface area contributed by atoms with Gasteiger partial charge in [-0.2, -0.15) is 4.98 Å². The SMILES string of the molecule is COc1cc(C(=O)COP(=O)(COCCn2cnc3c(=O)[nH]c(N)nc32)OCc2cccc(F)c2)ccc1C. The predicted octanol–water partition coefficient (Wildman–Crippen LogP) is 3.44. The average molecular weight is 559 g/mol. The smallest absolute Gasteiger partial charge is 0.356 e. The number of aromatic nitrogens is 4. The predicted molar refractivity (Wildman–Crippen MR) is 140 cm³/mol. The van der Waals surface area contributed by atoms with E-state index in [-0.39, 0.29) is 36.9 Å². The molecule has 206 valence electrons. The Hall–Kier alpha value is -3.90. The summed E-state index contributed by atoms with van der Waals surface area (Å²) in [5, 5.41) is 0. The molecule has 0 saturated heterocycles. The minimum atomic E-state index is -3.99. The van der Waals surface area contributed by atoms with Gasteiger partial charge in [0, 0.05) is 12.1 Å². The average Bonchev–Trinajstić information content (AvgIpc) is 3.32. The van der Waals surface area contributed by atoms with Crippen LogP contribution >= 0.6 is 7.60 Å². The van der Waals surface area contributed by atoms with Gasteiger partial charge in [0.1, 0.15) is 24.5 Å². The molecular weight excluding hydrogens is 532 g/mol. The van der Waals surface area contributed by atoms with Crippen LogP contribution in [-0.4, -0.2) is 52.0 Å². The molecule has 2 aromatic heterocycles. The number of ether oxygens (including phenoxy) is 2. The molecule has 0 saturated carbocycles. The van der Waals surface area contributed by atoms with Crippen LogP contribution in [0.3, 0.4) is 0 Å². The summed E-state index contributed by atoms with van der Waals surface area (Å²) >= 11 is 0. The summed E-state index contributed by atoms with van der Waals surface area (Å²) in [6, 6.07) is 10.5. The van der Waals surface area contributed by atoms with E-state index in [1.807, 2.05) is 6.92 Å². The quantitative estimate of drug-likeness (QED) is 0.141. The number of carbonyl (C=O) groups excluding carboxylic acids is 1. The van der Waals surface area contributed by atoms with Crippen LogP contribution < -0.4 is 16.0 Å². The summed E-state index contributed by atoms with van der Waals surface area (Å²) in [5.74, 6) is -0.455. The highest BCUT2D eigenvalue weighted by Gasteiger charge is 2.27. The maximum absolute atomic E-state index is 13.6. The molecule has 4 rings (SSSR count). The third-order valence-corrected chi connectivity index (χ3v) is 7.20. The highest BCUT2D eigenvalue weighted by atomic mass is 31.2. The van der Waals surface area contributed by atoms with Crippen molar-refractivity contribution < 1.29 is 32.3 Å². The lowest BCUT2D eigenvalue weighted by molar-refractivity contribution is 0.0855. The van der Waals surface area contributed by atoms with Crippen LogP contribution in [0.5, 0.6) is 5.75 Å². The van der Waals surface area contributed by atoms with Crippen LogP contribution in [0.25, 0.3) is 11.2 Å². The second kappa shape index (κ2) is 12.3. The number of Topliss-reactive ketones (excluding diaryl/α,β-unsaturated/α-hetero) is 1. The number of nitrogens with zero attached hydrogens (tertiary/aromatic N) is 3. The largest absolute Gasteiger partial charge is 0.496 e. The molecule has 2 heterocycles. The first-order valence-electron chi connectivity index (χ1n) is 11.8. The fourth-order valence-electron chi connectivity index (χ4n) is 3.62. The molecule has 12 nitrogen and oxygen atoms in total. The number of aromatic amines is 1. The summed E-state index contributed by atoms with van der Waals surface area (Å²) < 4.78 is 50.5. The fraction of sp³-hybridized carbons (Fsp3) is 0.280. The monoisotopic (exact) mass is 559 g/mol. The normalized spacial score (nSPS) is 12.9. The van der Waals surface area contributed by atoms with E-state index in [1.165, 1.54) is 31.6 Å². The zero-order valence-electron chi connectivity index (χ0n) is 21.3. The number of hydrogen-bond acceptors (Lipinski definition) is 10. The first-order valence-corrected chi connectivity index (χ1v) is 13.5. The van der Waals surface area contributed by atoms with E-state index >= 15 is 0 Å². The van der Waals surface area contributed by atoms with E-state index in [0.717, 1.165) is 5.56 Å². The van der Waals surface area contributed by atoms with E-state index in [2.05, 4.69) is 15.0 Å². The van der Waals surface area contributed by atoms with Gasteiger partial charge in [0.15, 0.2) is 16.9 Å². The van der Waals surface area contributed by atoms with Crippen molar-refractivity contribution >= 4 is 30.5 Å². The Labute approximate surface area is 222 Å². The second-order valence-corrected chi connectivity index (χ2v) is 10.5. The number of fused-ring (bicyclic) bond motifs is 1. The number of imidazole rings is 1. The fourth-order valence-corrected chi connectivity index (χ4v) is 4.85. The van der Waals surface area contributed by atoms with Gasteiger partial charge in [-0.1, -0.05) is 24.3 Å². The molecule has 0 aliphatic rings. The molecule has 0 aliphatic carbocycles. The maximum Gasteiger partial charge on any atom is 0.356 e. The van der Waals surface area contributed by atoms with E-state index < -0.39 is 37.7 Å². The number of anilines is 1. The summed E-state index contributed by atoms with van der Waals surface area (Å²) in [6.07, 6.45) is 0.913. The van der Waals surface area contributed by atoms with E-state index in [1.54, 1.807) is 28.8 Å². The van der Waals surface area contributed by atoms with Crippen LogP contribution in [-0.2, 0) is 31.5 Å². The Morgan fingerprint density at radius 2 is 2.03 bits per heavy atom. The first-order chi connectivity index (χ1) is 18.7. The molecule has 0 radical (unpaired) electrons. The van der Waals surface area contributed by atoms with Crippen LogP contribution in [0.1, 0.15) is 21.5 Å². The Morgan fingerprint density at radius 1 is 1.21 bits per heavy atom. The number of rotatable bonds is 13. The lowest BCUT2D eigenvalue weighted by Gasteiger charge is -2.19. The number of H-pyrrole nitrogens is 1. The highest BCUT2D eigenvalue weighted by molar-refractivity contribution is 7.53. The summed E-state index contributed by atoms with van der Waals surface area (Å²) in [6.45, 7) is 1.26. The number of methoxy groups -OCH3 is 1.